The molecule has 1 aromatic carbocycles. The first-order chi connectivity index (χ1) is 9.69. The maximum atomic E-state index is 6.35. The van der Waals surface area contributed by atoms with Crippen LogP contribution in [0.1, 0.15) is 39.0 Å². The summed E-state index contributed by atoms with van der Waals surface area (Å²) in [6.45, 7) is 3.31. The molecule has 20 heavy (non-hydrogen) atoms. The highest BCUT2D eigenvalue weighted by molar-refractivity contribution is 7.71. The number of aromatic nitrogens is 2. The highest BCUT2D eigenvalue weighted by atomic mass is 35.5. The van der Waals surface area contributed by atoms with Gasteiger partial charge in [-0.25, -0.2) is 0 Å². The molecule has 3 rings (SSSR count). The van der Waals surface area contributed by atoms with Crippen molar-refractivity contribution in [2.45, 2.75) is 45.6 Å². The Morgan fingerprint density at radius 1 is 1.25 bits per heavy atom. The van der Waals surface area contributed by atoms with Crippen LogP contribution in [0.4, 0.5) is 0 Å². The largest absolute Gasteiger partial charge is 0.331 e. The average Bonchev–Trinajstić information content (AvgIpc) is 2.77. The molecule has 0 amide bonds. The third-order valence-electron chi connectivity index (χ3n) is 4.73. The Balaban J connectivity index is 1.85. The fourth-order valence-electron chi connectivity index (χ4n) is 3.43. The summed E-state index contributed by atoms with van der Waals surface area (Å²) in [6, 6.07) is 5.95. The summed E-state index contributed by atoms with van der Waals surface area (Å²) in [5.74, 6) is 1.67. The van der Waals surface area contributed by atoms with Crippen LogP contribution in [0.2, 0.25) is 5.02 Å². The zero-order valence-electron chi connectivity index (χ0n) is 11.9. The van der Waals surface area contributed by atoms with Crippen molar-refractivity contribution in [3.05, 3.63) is 28.0 Å². The number of fused-ring (bicyclic) bond motifs is 1. The zero-order valence-corrected chi connectivity index (χ0v) is 13.4. The molecule has 0 atom stereocenters. The monoisotopic (exact) mass is 308 g/mol. The van der Waals surface area contributed by atoms with Crippen LogP contribution in [0.15, 0.2) is 18.2 Å². The van der Waals surface area contributed by atoms with Gasteiger partial charge in [0.25, 0.3) is 0 Å². The molecule has 1 aliphatic carbocycles. The van der Waals surface area contributed by atoms with Gasteiger partial charge in [0.05, 0.1) is 16.1 Å². The first-order valence-electron chi connectivity index (χ1n) is 7.56. The highest BCUT2D eigenvalue weighted by Crippen LogP contribution is 2.33. The van der Waals surface area contributed by atoms with Gasteiger partial charge in [-0.05, 0) is 49.0 Å². The first-order valence-corrected chi connectivity index (χ1v) is 8.34. The molecule has 1 saturated carbocycles. The van der Waals surface area contributed by atoms with Crippen molar-refractivity contribution in [1.82, 2.24) is 9.55 Å². The van der Waals surface area contributed by atoms with Gasteiger partial charge in [0.1, 0.15) is 0 Å². The highest BCUT2D eigenvalue weighted by Gasteiger charge is 2.21. The SMILES string of the molecule is CCC1CCC(Cn2c(=S)[nH]c3cccc(Cl)c32)CC1. The number of benzene rings is 1. The molecular weight excluding hydrogens is 288 g/mol. The van der Waals surface area contributed by atoms with Crippen LogP contribution >= 0.6 is 23.8 Å². The molecule has 0 aliphatic heterocycles. The summed E-state index contributed by atoms with van der Waals surface area (Å²) in [6.07, 6.45) is 6.69. The molecule has 4 heteroatoms. The van der Waals surface area contributed by atoms with Crippen molar-refractivity contribution in [2.75, 3.05) is 0 Å². The lowest BCUT2D eigenvalue weighted by atomic mass is 9.81. The molecule has 108 valence electrons. The third-order valence-corrected chi connectivity index (χ3v) is 5.36. The lowest BCUT2D eigenvalue weighted by Crippen LogP contribution is -2.18. The van der Waals surface area contributed by atoms with E-state index in [0.717, 1.165) is 39.2 Å². The molecular formula is C16H21ClN2S. The van der Waals surface area contributed by atoms with Crippen LogP contribution in [0.25, 0.3) is 11.0 Å². The molecule has 0 bridgehead atoms. The topological polar surface area (TPSA) is 20.7 Å². The van der Waals surface area contributed by atoms with E-state index in [1.807, 2.05) is 18.2 Å². The predicted molar refractivity (Wildman–Crippen MR) is 87.9 cm³/mol. The fourth-order valence-corrected chi connectivity index (χ4v) is 3.98. The number of nitrogens with one attached hydrogen (secondary N) is 1. The maximum Gasteiger partial charge on any atom is 0.178 e. The Kier molecular flexibility index (Phi) is 4.18. The Labute approximate surface area is 130 Å². The molecule has 2 aromatic rings. The van der Waals surface area contributed by atoms with Crippen LogP contribution in [0, 0.1) is 16.6 Å². The number of para-hydroxylation sites is 1. The standard InChI is InChI=1S/C16H21ClN2S/c1-2-11-6-8-12(9-7-11)10-19-15-13(17)4-3-5-14(15)18-16(19)20/h3-5,11-12H,2,6-10H2,1H3,(H,18,20). The third kappa shape index (κ3) is 2.66. The molecule has 0 radical (unpaired) electrons. The number of rotatable bonds is 3. The van der Waals surface area contributed by atoms with E-state index in [0.29, 0.717) is 0 Å². The molecule has 1 aromatic heterocycles. The molecule has 0 spiro atoms. The lowest BCUT2D eigenvalue weighted by Gasteiger charge is -2.28. The minimum Gasteiger partial charge on any atom is -0.331 e. The molecule has 0 unspecified atom stereocenters. The summed E-state index contributed by atoms with van der Waals surface area (Å²) >= 11 is 11.8. The van der Waals surface area contributed by atoms with Crippen molar-refractivity contribution in [3.63, 3.8) is 0 Å². The van der Waals surface area contributed by atoms with Crippen LogP contribution in [0.5, 0.6) is 0 Å². The van der Waals surface area contributed by atoms with E-state index in [-0.39, 0.29) is 0 Å². The molecule has 1 fully saturated rings. The van der Waals surface area contributed by atoms with Gasteiger partial charge in [0.2, 0.25) is 0 Å². The second kappa shape index (κ2) is 5.90. The number of hydrogen-bond acceptors (Lipinski definition) is 1. The maximum absolute atomic E-state index is 6.35. The van der Waals surface area contributed by atoms with Gasteiger partial charge in [-0.15, -0.1) is 0 Å². The van der Waals surface area contributed by atoms with Gasteiger partial charge in [0.15, 0.2) is 4.77 Å². The summed E-state index contributed by atoms with van der Waals surface area (Å²) in [5, 5.41) is 0.789. The number of nitrogens with zero attached hydrogens (tertiary/aromatic N) is 1. The van der Waals surface area contributed by atoms with Crippen molar-refractivity contribution in [1.29, 1.82) is 0 Å². The second-order valence-corrected chi connectivity index (χ2v) is 6.77. The van der Waals surface area contributed by atoms with Crippen LogP contribution in [0.3, 0.4) is 0 Å². The zero-order chi connectivity index (χ0) is 14.1. The van der Waals surface area contributed by atoms with E-state index >= 15 is 0 Å². The van der Waals surface area contributed by atoms with Gasteiger partial charge in [-0.3, -0.25) is 0 Å². The van der Waals surface area contributed by atoms with Gasteiger partial charge < -0.3 is 9.55 Å². The van der Waals surface area contributed by atoms with Crippen molar-refractivity contribution < 1.29 is 0 Å². The number of imidazole rings is 1. The minimum atomic E-state index is 0.736. The fraction of sp³-hybridized carbons (Fsp3) is 0.562. The summed E-state index contributed by atoms with van der Waals surface area (Å²) in [5.41, 5.74) is 2.11. The molecule has 0 saturated heterocycles. The summed E-state index contributed by atoms with van der Waals surface area (Å²) < 4.78 is 3.00. The Morgan fingerprint density at radius 2 is 1.95 bits per heavy atom. The molecule has 2 nitrogen and oxygen atoms in total. The Morgan fingerprint density at radius 3 is 2.65 bits per heavy atom. The number of H-pyrrole nitrogens is 1. The van der Waals surface area contributed by atoms with E-state index in [9.17, 15) is 0 Å². The van der Waals surface area contributed by atoms with Gasteiger partial charge >= 0.3 is 0 Å². The number of aromatic amines is 1. The van der Waals surface area contributed by atoms with Gasteiger partial charge in [-0.2, -0.15) is 0 Å². The van der Waals surface area contributed by atoms with Gasteiger partial charge in [0, 0.05) is 6.54 Å². The van der Waals surface area contributed by atoms with Crippen LogP contribution < -0.4 is 0 Å². The van der Waals surface area contributed by atoms with Crippen LogP contribution in [-0.4, -0.2) is 9.55 Å². The van der Waals surface area contributed by atoms with E-state index < -0.39 is 0 Å². The lowest BCUT2D eigenvalue weighted by molar-refractivity contribution is 0.248. The van der Waals surface area contributed by atoms with Crippen molar-refractivity contribution in [3.8, 4) is 0 Å². The molecule has 1 aliphatic rings. The predicted octanol–water partition coefficient (Wildman–Crippen LogP) is 5.57. The number of hydrogen-bond donors (Lipinski definition) is 1. The number of halogens is 1. The van der Waals surface area contributed by atoms with Crippen molar-refractivity contribution >= 4 is 34.9 Å². The normalized spacial score (nSPS) is 23.3. The molecule has 1 N–H and O–H groups in total. The second-order valence-electron chi connectivity index (χ2n) is 5.97. The first kappa shape index (κ1) is 14.2. The smallest absolute Gasteiger partial charge is 0.178 e. The van der Waals surface area contributed by atoms with Crippen molar-refractivity contribution in [2.24, 2.45) is 11.8 Å². The van der Waals surface area contributed by atoms with E-state index in [1.54, 1.807) is 0 Å². The Hall–Kier alpha value is -0.800. The average molecular weight is 309 g/mol. The van der Waals surface area contributed by atoms with E-state index in [1.165, 1.54) is 32.1 Å². The van der Waals surface area contributed by atoms with Crippen LogP contribution in [-0.2, 0) is 6.54 Å². The minimum absolute atomic E-state index is 0.736. The van der Waals surface area contributed by atoms with E-state index in [4.69, 9.17) is 23.8 Å². The van der Waals surface area contributed by atoms with Gasteiger partial charge in [-0.1, -0.05) is 43.9 Å². The quantitative estimate of drug-likeness (QED) is 0.735. The summed E-state index contributed by atoms with van der Waals surface area (Å²) in [4.78, 5) is 3.27. The summed E-state index contributed by atoms with van der Waals surface area (Å²) in [7, 11) is 0. The Bertz CT molecular complexity index is 650. The van der Waals surface area contributed by atoms with E-state index in [2.05, 4.69) is 16.5 Å². The molecule has 1 heterocycles.